The lowest BCUT2D eigenvalue weighted by Crippen LogP contribution is -2.41. The molecular weight excluding hydrogens is 537 g/mol. The van der Waals surface area contributed by atoms with Crippen molar-refractivity contribution in [1.82, 2.24) is 15.2 Å². The van der Waals surface area contributed by atoms with Crippen molar-refractivity contribution in [2.24, 2.45) is 11.8 Å². The van der Waals surface area contributed by atoms with Crippen molar-refractivity contribution in [1.29, 1.82) is 0 Å². The number of amides is 2. The van der Waals surface area contributed by atoms with E-state index in [1.807, 2.05) is 77.1 Å². The number of nitrogens with zero attached hydrogens (tertiary/aromatic N) is 2. The van der Waals surface area contributed by atoms with Crippen LogP contribution in [0.3, 0.4) is 0 Å². The second-order valence-electron chi connectivity index (χ2n) is 12.6. The molecule has 1 saturated heterocycles. The standard InChI is InChI=1S/C33H38FN3O5/c1-32(2,3)42-31(39)37-18-26-27(19-37)29(26)41-28-17-23(16-25(35-28)15-21-11-13-24(34)14-12-21)33(4,5)36-30(38)40-20-22-9-7-6-8-10-22/h6-14,16-17,26-27,29H,15,18-20H2,1-5H3,(H,36,38)/t26-,27+,29?. The molecule has 0 radical (unpaired) electrons. The fraction of sp³-hybridized carbons (Fsp3) is 0.424. The van der Waals surface area contributed by atoms with Gasteiger partial charge in [0.2, 0.25) is 5.88 Å². The van der Waals surface area contributed by atoms with E-state index in [4.69, 9.17) is 19.2 Å². The zero-order valence-corrected chi connectivity index (χ0v) is 24.7. The van der Waals surface area contributed by atoms with Crippen LogP contribution in [0.15, 0.2) is 66.7 Å². The fourth-order valence-corrected chi connectivity index (χ4v) is 5.23. The van der Waals surface area contributed by atoms with Gasteiger partial charge in [0.25, 0.3) is 0 Å². The highest BCUT2D eigenvalue weighted by Gasteiger charge is 2.59. The number of hydrogen-bond acceptors (Lipinski definition) is 6. The molecule has 222 valence electrons. The Morgan fingerprint density at radius 2 is 1.62 bits per heavy atom. The monoisotopic (exact) mass is 575 g/mol. The van der Waals surface area contributed by atoms with Crippen LogP contribution in [-0.4, -0.2) is 46.9 Å². The molecule has 0 bridgehead atoms. The molecule has 5 rings (SSSR count). The summed E-state index contributed by atoms with van der Waals surface area (Å²) in [7, 11) is 0. The molecule has 3 atom stereocenters. The minimum absolute atomic E-state index is 0.0583. The van der Waals surface area contributed by atoms with Crippen molar-refractivity contribution >= 4 is 12.2 Å². The lowest BCUT2D eigenvalue weighted by Gasteiger charge is -2.28. The smallest absolute Gasteiger partial charge is 0.410 e. The Morgan fingerprint density at radius 1 is 0.952 bits per heavy atom. The van der Waals surface area contributed by atoms with Gasteiger partial charge in [-0.2, -0.15) is 0 Å². The number of fused-ring (bicyclic) bond motifs is 1. The van der Waals surface area contributed by atoms with Crippen LogP contribution in [-0.2, 0) is 28.0 Å². The molecule has 1 aliphatic heterocycles. The maximum Gasteiger partial charge on any atom is 0.410 e. The lowest BCUT2D eigenvalue weighted by molar-refractivity contribution is 0.0252. The van der Waals surface area contributed by atoms with Crippen molar-refractivity contribution in [2.45, 2.75) is 64.9 Å². The highest BCUT2D eigenvalue weighted by atomic mass is 19.1. The summed E-state index contributed by atoms with van der Waals surface area (Å²) in [5, 5.41) is 2.96. The summed E-state index contributed by atoms with van der Waals surface area (Å²) in [6.45, 7) is 10.7. The molecule has 2 fully saturated rings. The largest absolute Gasteiger partial charge is 0.474 e. The summed E-state index contributed by atoms with van der Waals surface area (Å²) in [5.74, 6) is 0.565. The molecule has 1 unspecified atom stereocenters. The molecule has 2 aliphatic rings. The predicted molar refractivity (Wildman–Crippen MR) is 155 cm³/mol. The average molecular weight is 576 g/mol. The van der Waals surface area contributed by atoms with Crippen LogP contribution < -0.4 is 10.1 Å². The van der Waals surface area contributed by atoms with E-state index in [9.17, 15) is 14.0 Å². The van der Waals surface area contributed by atoms with Gasteiger partial charge < -0.3 is 24.4 Å². The number of carbonyl (C=O) groups excluding carboxylic acids is 2. The number of halogens is 1. The summed E-state index contributed by atoms with van der Waals surface area (Å²) < 4.78 is 30.9. The molecule has 2 amide bonds. The van der Waals surface area contributed by atoms with E-state index >= 15 is 0 Å². The van der Waals surface area contributed by atoms with Gasteiger partial charge in [-0.15, -0.1) is 0 Å². The quantitative estimate of drug-likeness (QED) is 0.343. The zero-order valence-electron chi connectivity index (χ0n) is 24.7. The number of aromatic nitrogens is 1. The molecule has 1 aliphatic carbocycles. The number of carbonyl (C=O) groups is 2. The van der Waals surface area contributed by atoms with Crippen LogP contribution in [0, 0.1) is 17.7 Å². The molecule has 2 heterocycles. The maximum absolute atomic E-state index is 13.5. The fourth-order valence-electron chi connectivity index (χ4n) is 5.23. The van der Waals surface area contributed by atoms with Crippen molar-refractivity contribution < 1.29 is 28.2 Å². The van der Waals surface area contributed by atoms with Crippen LogP contribution in [0.5, 0.6) is 5.88 Å². The second-order valence-corrected chi connectivity index (χ2v) is 12.6. The molecule has 1 N–H and O–H groups in total. The first-order chi connectivity index (χ1) is 19.9. The minimum atomic E-state index is -0.806. The Morgan fingerprint density at radius 3 is 2.26 bits per heavy atom. The van der Waals surface area contributed by atoms with Crippen molar-refractivity contribution in [3.05, 3.63) is 94.9 Å². The third-order valence-electron chi connectivity index (χ3n) is 7.53. The van der Waals surface area contributed by atoms with E-state index in [-0.39, 0.29) is 36.5 Å². The molecule has 1 aromatic heterocycles. The zero-order chi connectivity index (χ0) is 30.1. The van der Waals surface area contributed by atoms with E-state index < -0.39 is 17.2 Å². The summed E-state index contributed by atoms with van der Waals surface area (Å²) in [5.41, 5.74) is 1.97. The van der Waals surface area contributed by atoms with E-state index in [1.165, 1.54) is 12.1 Å². The molecule has 1 saturated carbocycles. The summed E-state index contributed by atoms with van der Waals surface area (Å²) in [4.78, 5) is 31.7. The lowest BCUT2D eigenvalue weighted by atomic mass is 9.93. The van der Waals surface area contributed by atoms with Gasteiger partial charge >= 0.3 is 12.2 Å². The van der Waals surface area contributed by atoms with Gasteiger partial charge in [-0.25, -0.2) is 19.0 Å². The van der Waals surface area contributed by atoms with Crippen molar-refractivity contribution in [3.8, 4) is 5.88 Å². The van der Waals surface area contributed by atoms with Gasteiger partial charge in [0.1, 0.15) is 24.1 Å². The van der Waals surface area contributed by atoms with Crippen LogP contribution in [0.25, 0.3) is 0 Å². The molecule has 9 heteroatoms. The Labute approximate surface area is 246 Å². The number of rotatable bonds is 8. The number of nitrogens with one attached hydrogen (secondary N) is 1. The number of benzene rings is 2. The third-order valence-corrected chi connectivity index (χ3v) is 7.53. The maximum atomic E-state index is 13.5. The molecule has 2 aromatic carbocycles. The van der Waals surface area contributed by atoms with Gasteiger partial charge in [-0.05, 0) is 69.5 Å². The molecule has 0 spiro atoms. The van der Waals surface area contributed by atoms with Crippen molar-refractivity contribution in [2.75, 3.05) is 13.1 Å². The van der Waals surface area contributed by atoms with Gasteiger partial charge in [0.05, 0.1) is 5.54 Å². The summed E-state index contributed by atoms with van der Waals surface area (Å²) in [6, 6.07) is 19.5. The number of pyridine rings is 1. The highest BCUT2D eigenvalue weighted by molar-refractivity contribution is 5.69. The number of piperidine rings is 1. The van der Waals surface area contributed by atoms with E-state index in [1.54, 1.807) is 17.0 Å². The van der Waals surface area contributed by atoms with E-state index in [2.05, 4.69) is 5.32 Å². The number of ether oxygens (including phenoxy) is 3. The van der Waals surface area contributed by atoms with Crippen molar-refractivity contribution in [3.63, 3.8) is 0 Å². The van der Waals surface area contributed by atoms with E-state index in [0.717, 1.165) is 22.4 Å². The normalized spacial score (nSPS) is 19.6. The number of alkyl carbamates (subject to hydrolysis) is 1. The van der Waals surface area contributed by atoms with Crippen LogP contribution >= 0.6 is 0 Å². The molecule has 8 nitrogen and oxygen atoms in total. The van der Waals surface area contributed by atoms with Gasteiger partial charge in [0, 0.05) is 43.1 Å². The SMILES string of the molecule is CC(C)(C)OC(=O)N1C[C@@H]2C(Oc3cc(C(C)(C)NC(=O)OCc4ccccc4)cc(Cc4ccc(F)cc4)n3)[C@@H]2C1. The number of likely N-dealkylation sites (tertiary alicyclic amines) is 1. The Bertz CT molecular complexity index is 1410. The van der Waals surface area contributed by atoms with Crippen LogP contribution in [0.2, 0.25) is 0 Å². The summed E-state index contributed by atoms with van der Waals surface area (Å²) in [6.07, 6.45) is -0.440. The Balaban J connectivity index is 1.29. The van der Waals surface area contributed by atoms with Gasteiger partial charge in [-0.1, -0.05) is 42.5 Å². The second kappa shape index (κ2) is 11.6. The topological polar surface area (TPSA) is 90.0 Å². The highest BCUT2D eigenvalue weighted by Crippen LogP contribution is 2.48. The predicted octanol–water partition coefficient (Wildman–Crippen LogP) is 6.22. The first kappa shape index (κ1) is 29.4. The van der Waals surface area contributed by atoms with Crippen LogP contribution in [0.4, 0.5) is 14.0 Å². The molecule has 42 heavy (non-hydrogen) atoms. The molecular formula is C33H38FN3O5. The molecule has 3 aromatic rings. The first-order valence-electron chi connectivity index (χ1n) is 14.3. The number of hydrogen-bond donors (Lipinski definition) is 1. The van der Waals surface area contributed by atoms with Gasteiger partial charge in [-0.3, -0.25) is 0 Å². The van der Waals surface area contributed by atoms with Gasteiger partial charge in [0.15, 0.2) is 0 Å². The Kier molecular flexibility index (Phi) is 8.12. The average Bonchev–Trinajstić information content (AvgIpc) is 3.34. The van der Waals surface area contributed by atoms with Crippen LogP contribution in [0.1, 0.15) is 57.0 Å². The summed E-state index contributed by atoms with van der Waals surface area (Å²) >= 11 is 0. The Hall–Kier alpha value is -4.14. The van der Waals surface area contributed by atoms with E-state index in [0.29, 0.717) is 25.4 Å². The first-order valence-corrected chi connectivity index (χ1v) is 14.3. The third kappa shape index (κ3) is 7.38. The minimum Gasteiger partial charge on any atom is -0.474 e.